The van der Waals surface area contributed by atoms with Crippen LogP contribution in [0, 0.1) is 0 Å². The lowest BCUT2D eigenvalue weighted by Gasteiger charge is -2.36. The molecule has 2 aromatic rings. The molecule has 0 saturated carbocycles. The molecule has 2 amide bonds. The van der Waals surface area contributed by atoms with Gasteiger partial charge in [-0.05, 0) is 49.6 Å². The molecule has 1 aliphatic rings. The highest BCUT2D eigenvalue weighted by atomic mass is 16.2. The highest BCUT2D eigenvalue weighted by molar-refractivity contribution is 5.94. The molecule has 7 heteroatoms. The molecule has 0 bridgehead atoms. The van der Waals surface area contributed by atoms with Crippen molar-refractivity contribution in [3.63, 3.8) is 0 Å². The third kappa shape index (κ3) is 4.29. The van der Waals surface area contributed by atoms with Crippen LogP contribution in [-0.4, -0.2) is 52.2 Å². The number of rotatable bonds is 6. The fraction of sp³-hybridized carbons (Fsp3) is 0.421. The lowest BCUT2D eigenvalue weighted by atomic mass is 10.0. The number of nitrogens with one attached hydrogen (secondary N) is 1. The van der Waals surface area contributed by atoms with Crippen molar-refractivity contribution in [1.29, 1.82) is 0 Å². The van der Waals surface area contributed by atoms with Crippen molar-refractivity contribution in [3.8, 4) is 5.69 Å². The second-order valence-electron chi connectivity index (χ2n) is 6.49. The predicted octanol–water partition coefficient (Wildman–Crippen LogP) is 1.33. The van der Waals surface area contributed by atoms with Gasteiger partial charge in [-0.3, -0.25) is 9.59 Å². The minimum Gasteiger partial charge on any atom is -0.354 e. The van der Waals surface area contributed by atoms with E-state index in [2.05, 4.69) is 10.4 Å². The van der Waals surface area contributed by atoms with Crippen molar-refractivity contribution in [1.82, 2.24) is 20.0 Å². The topological polar surface area (TPSA) is 93.3 Å². The minimum absolute atomic E-state index is 0.00906. The van der Waals surface area contributed by atoms with Gasteiger partial charge in [0.15, 0.2) is 0 Å². The quantitative estimate of drug-likeness (QED) is 0.817. The molecule has 1 fully saturated rings. The van der Waals surface area contributed by atoms with E-state index in [1.807, 2.05) is 41.4 Å². The highest BCUT2D eigenvalue weighted by Gasteiger charge is 2.27. The number of benzene rings is 1. The summed E-state index contributed by atoms with van der Waals surface area (Å²) in [6, 6.07) is 9.33. The Morgan fingerprint density at radius 3 is 2.73 bits per heavy atom. The molecule has 0 aliphatic carbocycles. The van der Waals surface area contributed by atoms with Crippen molar-refractivity contribution in [2.24, 2.45) is 5.73 Å². The van der Waals surface area contributed by atoms with Crippen LogP contribution in [0.1, 0.15) is 36.0 Å². The molecule has 1 saturated heterocycles. The second-order valence-corrected chi connectivity index (χ2v) is 6.49. The van der Waals surface area contributed by atoms with Gasteiger partial charge in [0.1, 0.15) is 0 Å². The number of nitrogens with zero attached hydrogens (tertiary/aromatic N) is 3. The van der Waals surface area contributed by atoms with Crippen molar-refractivity contribution >= 4 is 11.8 Å². The van der Waals surface area contributed by atoms with Gasteiger partial charge in [-0.15, -0.1) is 0 Å². The number of nitrogens with two attached hydrogens (primary N) is 1. The van der Waals surface area contributed by atoms with Crippen LogP contribution in [0.2, 0.25) is 0 Å². The molecular formula is C19H25N5O2. The monoisotopic (exact) mass is 355 g/mol. The predicted molar refractivity (Wildman–Crippen MR) is 98.9 cm³/mol. The standard InChI is InChI=1S/C19H25N5O2/c20-10-9-18(25)21-14-17-4-1-2-12-23(17)19(26)15-5-7-16(8-6-15)24-13-3-11-22-24/h3,5-8,11,13,17H,1-2,4,9-10,12,14,20H2,(H,21,25). The van der Waals surface area contributed by atoms with E-state index in [1.54, 1.807) is 10.9 Å². The average molecular weight is 355 g/mol. The molecule has 1 atom stereocenters. The first-order valence-corrected chi connectivity index (χ1v) is 9.07. The first-order valence-electron chi connectivity index (χ1n) is 9.07. The minimum atomic E-state index is -0.0611. The van der Waals surface area contributed by atoms with Gasteiger partial charge in [-0.2, -0.15) is 5.10 Å². The number of hydrogen-bond acceptors (Lipinski definition) is 4. The van der Waals surface area contributed by atoms with Crippen LogP contribution in [0.3, 0.4) is 0 Å². The molecule has 26 heavy (non-hydrogen) atoms. The van der Waals surface area contributed by atoms with Gasteiger partial charge in [0.05, 0.1) is 5.69 Å². The molecule has 1 unspecified atom stereocenters. The van der Waals surface area contributed by atoms with Crippen LogP contribution in [-0.2, 0) is 4.79 Å². The fourth-order valence-electron chi connectivity index (χ4n) is 3.28. The molecule has 3 N–H and O–H groups in total. The Morgan fingerprint density at radius 2 is 2.04 bits per heavy atom. The Balaban J connectivity index is 1.67. The van der Waals surface area contributed by atoms with Gasteiger partial charge in [0.2, 0.25) is 5.91 Å². The van der Waals surface area contributed by atoms with E-state index in [-0.39, 0.29) is 17.9 Å². The summed E-state index contributed by atoms with van der Waals surface area (Å²) in [6.07, 6.45) is 6.86. The lowest BCUT2D eigenvalue weighted by molar-refractivity contribution is -0.121. The number of piperidine rings is 1. The summed E-state index contributed by atoms with van der Waals surface area (Å²) >= 11 is 0. The number of carbonyl (C=O) groups is 2. The normalized spacial score (nSPS) is 17.1. The van der Waals surface area contributed by atoms with Gasteiger partial charge < -0.3 is 16.0 Å². The molecule has 0 spiro atoms. The maximum Gasteiger partial charge on any atom is 0.254 e. The molecule has 1 aromatic carbocycles. The molecule has 7 nitrogen and oxygen atoms in total. The van der Waals surface area contributed by atoms with E-state index < -0.39 is 0 Å². The van der Waals surface area contributed by atoms with Crippen molar-refractivity contribution in [2.75, 3.05) is 19.6 Å². The summed E-state index contributed by atoms with van der Waals surface area (Å²) in [5, 5.41) is 7.08. The Hall–Kier alpha value is -2.67. The van der Waals surface area contributed by atoms with Gasteiger partial charge in [0.25, 0.3) is 5.91 Å². The Labute approximate surface area is 153 Å². The smallest absolute Gasteiger partial charge is 0.254 e. The Bertz CT molecular complexity index is 727. The molecule has 1 aromatic heterocycles. The maximum absolute atomic E-state index is 12.9. The number of likely N-dealkylation sites (tertiary alicyclic amines) is 1. The molecule has 3 rings (SSSR count). The van der Waals surface area contributed by atoms with Gasteiger partial charge >= 0.3 is 0 Å². The van der Waals surface area contributed by atoms with Crippen LogP contribution in [0.5, 0.6) is 0 Å². The average Bonchev–Trinajstić information content (AvgIpc) is 3.21. The number of carbonyl (C=O) groups excluding carboxylic acids is 2. The van der Waals surface area contributed by atoms with Crippen LogP contribution >= 0.6 is 0 Å². The van der Waals surface area contributed by atoms with E-state index in [0.717, 1.165) is 31.5 Å². The van der Waals surface area contributed by atoms with E-state index in [9.17, 15) is 9.59 Å². The van der Waals surface area contributed by atoms with E-state index in [0.29, 0.717) is 25.1 Å². The zero-order valence-electron chi connectivity index (χ0n) is 14.8. The van der Waals surface area contributed by atoms with Crippen LogP contribution in [0.15, 0.2) is 42.7 Å². The molecule has 138 valence electrons. The van der Waals surface area contributed by atoms with Crippen molar-refractivity contribution in [3.05, 3.63) is 48.3 Å². The second kappa shape index (κ2) is 8.62. The first kappa shape index (κ1) is 18.1. The van der Waals surface area contributed by atoms with Crippen molar-refractivity contribution < 1.29 is 9.59 Å². The number of amides is 2. The summed E-state index contributed by atoms with van der Waals surface area (Å²) in [5.41, 5.74) is 6.97. The molecule has 0 radical (unpaired) electrons. The van der Waals surface area contributed by atoms with Crippen molar-refractivity contribution in [2.45, 2.75) is 31.7 Å². The zero-order chi connectivity index (χ0) is 18.4. The van der Waals surface area contributed by atoms with Crippen LogP contribution in [0.25, 0.3) is 5.69 Å². The van der Waals surface area contributed by atoms with Crippen LogP contribution < -0.4 is 11.1 Å². The third-order valence-corrected chi connectivity index (χ3v) is 4.68. The van der Waals surface area contributed by atoms with Gasteiger partial charge in [-0.25, -0.2) is 4.68 Å². The number of aromatic nitrogens is 2. The number of hydrogen-bond donors (Lipinski definition) is 2. The fourth-order valence-corrected chi connectivity index (χ4v) is 3.28. The first-order chi connectivity index (χ1) is 12.7. The lowest BCUT2D eigenvalue weighted by Crippen LogP contribution is -2.49. The highest BCUT2D eigenvalue weighted by Crippen LogP contribution is 2.20. The van der Waals surface area contributed by atoms with E-state index >= 15 is 0 Å². The molecule has 2 heterocycles. The zero-order valence-corrected chi connectivity index (χ0v) is 14.8. The Morgan fingerprint density at radius 1 is 1.23 bits per heavy atom. The van der Waals surface area contributed by atoms with Gasteiger partial charge in [0, 0.05) is 50.1 Å². The third-order valence-electron chi connectivity index (χ3n) is 4.68. The summed E-state index contributed by atoms with van der Waals surface area (Å²) < 4.78 is 1.75. The summed E-state index contributed by atoms with van der Waals surface area (Å²) in [4.78, 5) is 26.5. The maximum atomic E-state index is 12.9. The molecular weight excluding hydrogens is 330 g/mol. The largest absolute Gasteiger partial charge is 0.354 e. The summed E-state index contributed by atoms with van der Waals surface area (Å²) in [6.45, 7) is 1.54. The summed E-state index contributed by atoms with van der Waals surface area (Å²) in [5.74, 6) is -0.0520. The summed E-state index contributed by atoms with van der Waals surface area (Å²) in [7, 11) is 0. The Kier molecular flexibility index (Phi) is 6.01. The van der Waals surface area contributed by atoms with E-state index in [1.165, 1.54) is 0 Å². The molecule has 1 aliphatic heterocycles. The van der Waals surface area contributed by atoms with E-state index in [4.69, 9.17) is 5.73 Å². The van der Waals surface area contributed by atoms with Gasteiger partial charge in [-0.1, -0.05) is 0 Å². The van der Waals surface area contributed by atoms with Crippen LogP contribution in [0.4, 0.5) is 0 Å². The SMILES string of the molecule is NCCC(=O)NCC1CCCCN1C(=O)c1ccc(-n2cccn2)cc1.